The molecule has 2 aromatic rings. The molecular weight excluding hydrogens is 360 g/mol. The third-order valence-corrected chi connectivity index (χ3v) is 5.77. The highest BCUT2D eigenvalue weighted by Gasteiger charge is 2.39. The Labute approximate surface area is 164 Å². The van der Waals surface area contributed by atoms with Crippen LogP contribution in [0.1, 0.15) is 37.1 Å². The minimum Gasteiger partial charge on any atom is -0.503 e. The third-order valence-electron chi connectivity index (χ3n) is 5.77. The van der Waals surface area contributed by atoms with Crippen LogP contribution in [0, 0.1) is 6.92 Å². The zero-order valence-corrected chi connectivity index (χ0v) is 16.3. The van der Waals surface area contributed by atoms with Gasteiger partial charge in [0.1, 0.15) is 5.69 Å². The molecule has 0 radical (unpaired) electrons. The molecule has 0 aliphatic carbocycles. The molecule has 150 valence electrons. The molecule has 0 atom stereocenters. The number of aryl methyl sites for hydroxylation is 1. The number of nitrogens with zero attached hydrogens (tertiary/aromatic N) is 4. The number of ether oxygens (including phenoxy) is 2. The van der Waals surface area contributed by atoms with Crippen LogP contribution >= 0.6 is 0 Å². The first-order valence-corrected chi connectivity index (χ1v) is 9.66. The maximum Gasteiger partial charge on any atom is 0.257 e. The Morgan fingerprint density at radius 2 is 2.04 bits per heavy atom. The van der Waals surface area contributed by atoms with Crippen molar-refractivity contribution in [3.63, 3.8) is 0 Å². The monoisotopic (exact) mass is 386 g/mol. The zero-order valence-electron chi connectivity index (χ0n) is 16.3. The molecule has 2 fully saturated rings. The quantitative estimate of drug-likeness (QED) is 0.825. The van der Waals surface area contributed by atoms with Gasteiger partial charge in [0, 0.05) is 25.9 Å². The predicted molar refractivity (Wildman–Crippen MR) is 104 cm³/mol. The minimum atomic E-state index is -0.225. The molecule has 2 N–H and O–H groups in total. The summed E-state index contributed by atoms with van der Waals surface area (Å²) in [7, 11) is 1.45. The highest BCUT2D eigenvalue weighted by atomic mass is 16.5. The van der Waals surface area contributed by atoms with E-state index in [-0.39, 0.29) is 23.8 Å². The Hall–Kier alpha value is -2.45. The van der Waals surface area contributed by atoms with Gasteiger partial charge in [-0.2, -0.15) is 0 Å². The van der Waals surface area contributed by atoms with Gasteiger partial charge in [-0.25, -0.2) is 15.0 Å². The summed E-state index contributed by atoms with van der Waals surface area (Å²) in [5.41, 5.74) is 2.19. The fraction of sp³-hybridized carbons (Fsp3) is 0.550. The number of anilines is 1. The fourth-order valence-electron chi connectivity index (χ4n) is 4.21. The number of aliphatic hydroxyl groups is 1. The Balaban J connectivity index is 1.65. The summed E-state index contributed by atoms with van der Waals surface area (Å²) in [4.78, 5) is 15.5. The lowest BCUT2D eigenvalue weighted by atomic mass is 9.88. The van der Waals surface area contributed by atoms with E-state index >= 15 is 0 Å². The minimum absolute atomic E-state index is 0.0255. The van der Waals surface area contributed by atoms with Crippen molar-refractivity contribution in [2.75, 3.05) is 31.7 Å². The summed E-state index contributed by atoms with van der Waals surface area (Å²) >= 11 is 0. The van der Waals surface area contributed by atoms with E-state index in [2.05, 4.69) is 14.9 Å². The summed E-state index contributed by atoms with van der Waals surface area (Å²) < 4.78 is 11.1. The van der Waals surface area contributed by atoms with E-state index in [1.807, 2.05) is 6.92 Å². The number of aromatic nitrogens is 3. The zero-order chi connectivity index (χ0) is 19.7. The first-order valence-electron chi connectivity index (χ1n) is 9.66. The lowest BCUT2D eigenvalue weighted by Crippen LogP contribution is -2.44. The number of hydrogen-bond donors (Lipinski definition) is 2. The highest BCUT2D eigenvalue weighted by molar-refractivity contribution is 5.71. The number of pyridine rings is 1. The van der Waals surface area contributed by atoms with E-state index in [9.17, 15) is 10.2 Å². The molecule has 2 aliphatic rings. The van der Waals surface area contributed by atoms with E-state index < -0.39 is 0 Å². The number of rotatable bonds is 4. The van der Waals surface area contributed by atoms with Gasteiger partial charge < -0.3 is 24.6 Å². The second kappa shape index (κ2) is 7.52. The lowest BCUT2D eigenvalue weighted by molar-refractivity contribution is -0.0147. The van der Waals surface area contributed by atoms with E-state index in [1.54, 1.807) is 12.3 Å². The average molecular weight is 386 g/mol. The summed E-state index contributed by atoms with van der Waals surface area (Å²) in [6, 6.07) is 1.66. The molecule has 0 bridgehead atoms. The molecule has 0 aromatic carbocycles. The lowest BCUT2D eigenvalue weighted by Gasteiger charge is -2.39. The van der Waals surface area contributed by atoms with Crippen LogP contribution < -0.4 is 9.64 Å². The topological polar surface area (TPSA) is 101 Å². The number of hydrogen-bond acceptors (Lipinski definition) is 8. The van der Waals surface area contributed by atoms with Crippen LogP contribution in [0.5, 0.6) is 11.6 Å². The summed E-state index contributed by atoms with van der Waals surface area (Å²) in [5.74, 6) is 0.751. The van der Waals surface area contributed by atoms with Gasteiger partial charge in [-0.1, -0.05) is 0 Å². The molecular formula is C20H26N4O4. The van der Waals surface area contributed by atoms with Crippen LogP contribution in [0.15, 0.2) is 12.3 Å². The molecule has 4 heterocycles. The SMILES string of the molecule is COc1nccc(-c2nc(CO)c(N3CCC4(CCCO4)CC3)nc2C)c1O. The normalized spacial score (nSPS) is 18.6. The van der Waals surface area contributed by atoms with Gasteiger partial charge >= 0.3 is 0 Å². The van der Waals surface area contributed by atoms with Crippen LogP contribution in [0.3, 0.4) is 0 Å². The molecule has 28 heavy (non-hydrogen) atoms. The van der Waals surface area contributed by atoms with Gasteiger partial charge in [0.2, 0.25) is 0 Å². The molecule has 8 heteroatoms. The van der Waals surface area contributed by atoms with Crippen molar-refractivity contribution in [2.24, 2.45) is 0 Å². The standard InChI is InChI=1S/C20H26N4O4/c1-13-16(14-4-8-21-19(27-2)17(14)26)23-15(12-25)18(22-13)24-9-6-20(7-10-24)5-3-11-28-20/h4,8,25-26H,3,5-7,9-12H2,1-2H3. The molecule has 8 nitrogen and oxygen atoms in total. The summed E-state index contributed by atoms with van der Waals surface area (Å²) in [5, 5.41) is 20.4. The van der Waals surface area contributed by atoms with Crippen molar-refractivity contribution < 1.29 is 19.7 Å². The van der Waals surface area contributed by atoms with Crippen LogP contribution in [-0.4, -0.2) is 57.6 Å². The van der Waals surface area contributed by atoms with Crippen LogP contribution in [-0.2, 0) is 11.3 Å². The second-order valence-electron chi connectivity index (χ2n) is 7.42. The molecule has 2 saturated heterocycles. The fourth-order valence-corrected chi connectivity index (χ4v) is 4.21. The largest absolute Gasteiger partial charge is 0.503 e. The van der Waals surface area contributed by atoms with Crippen molar-refractivity contribution in [3.05, 3.63) is 23.7 Å². The predicted octanol–water partition coefficient (Wildman–Crippen LogP) is 2.20. The maximum atomic E-state index is 10.4. The third kappa shape index (κ3) is 3.27. The number of aliphatic hydroxyl groups excluding tert-OH is 1. The van der Waals surface area contributed by atoms with Gasteiger partial charge in [-0.05, 0) is 38.7 Å². The van der Waals surface area contributed by atoms with Crippen molar-refractivity contribution in [2.45, 2.75) is 44.8 Å². The van der Waals surface area contributed by atoms with Crippen molar-refractivity contribution >= 4 is 5.82 Å². The first kappa shape index (κ1) is 18.9. The smallest absolute Gasteiger partial charge is 0.257 e. The number of aromatic hydroxyl groups is 1. The Bertz CT molecular complexity index is 858. The van der Waals surface area contributed by atoms with Crippen molar-refractivity contribution in [1.82, 2.24) is 15.0 Å². The van der Waals surface area contributed by atoms with E-state index in [4.69, 9.17) is 14.5 Å². The van der Waals surface area contributed by atoms with E-state index in [0.717, 1.165) is 45.4 Å². The van der Waals surface area contributed by atoms with Crippen molar-refractivity contribution in [1.29, 1.82) is 0 Å². The van der Waals surface area contributed by atoms with E-state index in [1.165, 1.54) is 7.11 Å². The number of methoxy groups -OCH3 is 1. The molecule has 0 amide bonds. The van der Waals surface area contributed by atoms with Crippen LogP contribution in [0.2, 0.25) is 0 Å². The summed E-state index contributed by atoms with van der Waals surface area (Å²) in [6.07, 6.45) is 5.73. The maximum absolute atomic E-state index is 10.4. The molecule has 1 spiro atoms. The van der Waals surface area contributed by atoms with E-state index in [0.29, 0.717) is 28.5 Å². The molecule has 2 aromatic heterocycles. The Morgan fingerprint density at radius 1 is 1.25 bits per heavy atom. The Morgan fingerprint density at radius 3 is 2.68 bits per heavy atom. The molecule has 2 aliphatic heterocycles. The van der Waals surface area contributed by atoms with Gasteiger partial charge in [-0.15, -0.1) is 0 Å². The average Bonchev–Trinajstić information content (AvgIpc) is 3.17. The van der Waals surface area contributed by atoms with Crippen LogP contribution in [0.25, 0.3) is 11.3 Å². The van der Waals surface area contributed by atoms with Crippen LogP contribution in [0.4, 0.5) is 5.82 Å². The molecule has 0 saturated carbocycles. The first-order chi connectivity index (χ1) is 13.6. The molecule has 0 unspecified atom stereocenters. The van der Waals surface area contributed by atoms with Crippen molar-refractivity contribution in [3.8, 4) is 22.9 Å². The highest BCUT2D eigenvalue weighted by Crippen LogP contribution is 2.39. The second-order valence-corrected chi connectivity index (χ2v) is 7.42. The summed E-state index contributed by atoms with van der Waals surface area (Å²) in [6.45, 7) is 4.14. The number of piperidine rings is 1. The van der Waals surface area contributed by atoms with Gasteiger partial charge in [0.15, 0.2) is 11.6 Å². The van der Waals surface area contributed by atoms with Gasteiger partial charge in [0.25, 0.3) is 5.88 Å². The Kier molecular flexibility index (Phi) is 5.07. The van der Waals surface area contributed by atoms with Gasteiger partial charge in [0.05, 0.1) is 36.3 Å². The molecule has 4 rings (SSSR count). The van der Waals surface area contributed by atoms with Gasteiger partial charge in [-0.3, -0.25) is 0 Å².